The van der Waals surface area contributed by atoms with Crippen LogP contribution in [0.1, 0.15) is 38.3 Å². The number of nitrogens with one attached hydrogen (secondary N) is 2. The molecule has 1 aliphatic heterocycles. The number of rotatable bonds is 6. The fraction of sp³-hybridized carbons (Fsp3) is 0.261. The van der Waals surface area contributed by atoms with Gasteiger partial charge in [0.1, 0.15) is 0 Å². The third kappa shape index (κ3) is 5.15. The van der Waals surface area contributed by atoms with E-state index in [4.69, 9.17) is 0 Å². The van der Waals surface area contributed by atoms with Crippen molar-refractivity contribution in [3.63, 3.8) is 0 Å². The Morgan fingerprint density at radius 2 is 1.83 bits per heavy atom. The minimum absolute atomic E-state index is 0.0510. The third-order valence-corrected chi connectivity index (χ3v) is 5.87. The molecule has 2 N–H and O–H groups in total. The molecular weight excluding hydrogens is 384 g/mol. The second kappa shape index (κ2) is 8.66. The number of imide groups is 1. The maximum Gasteiger partial charge on any atom is 0.290 e. The highest BCUT2D eigenvalue weighted by molar-refractivity contribution is 8.18. The van der Waals surface area contributed by atoms with Gasteiger partial charge in [-0.05, 0) is 52.6 Å². The normalized spacial score (nSPS) is 15.5. The van der Waals surface area contributed by atoms with Gasteiger partial charge in [0.05, 0.1) is 4.91 Å². The van der Waals surface area contributed by atoms with Crippen molar-refractivity contribution in [3.8, 4) is 11.1 Å². The number of benzene rings is 2. The molecule has 0 spiro atoms. The predicted octanol–water partition coefficient (Wildman–Crippen LogP) is 4.73. The number of amides is 3. The lowest BCUT2D eigenvalue weighted by atomic mass is 9.89. The molecule has 1 aliphatic rings. The lowest BCUT2D eigenvalue weighted by Crippen LogP contribution is -2.35. The number of hydrogen-bond donors (Lipinski definition) is 2. The minimum Gasteiger partial charge on any atom is -0.352 e. The fourth-order valence-electron chi connectivity index (χ4n) is 2.79. The van der Waals surface area contributed by atoms with E-state index in [2.05, 4.69) is 16.7 Å². The number of carbonyl (C=O) groups is 3. The first-order valence-electron chi connectivity index (χ1n) is 9.51. The summed E-state index contributed by atoms with van der Waals surface area (Å²) in [7, 11) is 0. The summed E-state index contributed by atoms with van der Waals surface area (Å²) in [5.41, 5.74) is 3.60. The maximum absolute atomic E-state index is 12.3. The number of thioether (sulfide) groups is 1. The van der Waals surface area contributed by atoms with Crippen LogP contribution in [-0.2, 0) is 16.1 Å². The molecule has 0 bridgehead atoms. The van der Waals surface area contributed by atoms with Gasteiger partial charge < -0.3 is 5.32 Å². The Bertz CT molecular complexity index is 978. The topological polar surface area (TPSA) is 75.3 Å². The van der Waals surface area contributed by atoms with Crippen molar-refractivity contribution in [2.24, 2.45) is 5.41 Å². The highest BCUT2D eigenvalue weighted by Crippen LogP contribution is 2.27. The molecule has 0 atom stereocenters. The zero-order valence-corrected chi connectivity index (χ0v) is 17.6. The average molecular weight is 409 g/mol. The first-order chi connectivity index (χ1) is 13.8. The van der Waals surface area contributed by atoms with Gasteiger partial charge >= 0.3 is 0 Å². The Kier molecular flexibility index (Phi) is 6.23. The Morgan fingerprint density at radius 1 is 1.10 bits per heavy atom. The predicted molar refractivity (Wildman–Crippen MR) is 117 cm³/mol. The van der Waals surface area contributed by atoms with Gasteiger partial charge in [0.25, 0.3) is 11.1 Å². The average Bonchev–Trinajstić information content (AvgIpc) is 3.03. The summed E-state index contributed by atoms with van der Waals surface area (Å²) in [5.74, 6) is -0.305. The molecule has 29 heavy (non-hydrogen) atoms. The van der Waals surface area contributed by atoms with Crippen LogP contribution < -0.4 is 10.6 Å². The van der Waals surface area contributed by atoms with Crippen LogP contribution in [0.5, 0.6) is 0 Å². The van der Waals surface area contributed by atoms with Crippen LogP contribution in [0.25, 0.3) is 17.2 Å². The van der Waals surface area contributed by atoms with Gasteiger partial charge in [-0.2, -0.15) is 0 Å². The van der Waals surface area contributed by atoms with Crippen LogP contribution in [0, 0.1) is 5.41 Å². The first-order valence-corrected chi connectivity index (χ1v) is 10.3. The van der Waals surface area contributed by atoms with E-state index in [0.29, 0.717) is 11.4 Å². The Balaban J connectivity index is 1.71. The van der Waals surface area contributed by atoms with Gasteiger partial charge in [0, 0.05) is 12.0 Å². The summed E-state index contributed by atoms with van der Waals surface area (Å²) < 4.78 is 0. The van der Waals surface area contributed by atoms with Gasteiger partial charge in [0.15, 0.2) is 0 Å². The third-order valence-electron chi connectivity index (χ3n) is 5.06. The molecule has 3 amide bonds. The molecule has 1 heterocycles. The molecule has 0 aliphatic carbocycles. The first kappa shape index (κ1) is 20.9. The summed E-state index contributed by atoms with van der Waals surface area (Å²) in [6.07, 6.45) is 2.49. The van der Waals surface area contributed by atoms with Crippen molar-refractivity contribution < 1.29 is 14.4 Å². The van der Waals surface area contributed by atoms with E-state index in [1.807, 2.05) is 63.2 Å². The summed E-state index contributed by atoms with van der Waals surface area (Å²) >= 11 is 0.909. The molecule has 0 saturated carbocycles. The van der Waals surface area contributed by atoms with E-state index in [1.54, 1.807) is 6.08 Å². The monoisotopic (exact) mass is 408 g/mol. The van der Waals surface area contributed by atoms with Gasteiger partial charge in [-0.1, -0.05) is 63.2 Å². The largest absolute Gasteiger partial charge is 0.352 e. The van der Waals surface area contributed by atoms with Gasteiger partial charge in [-0.25, -0.2) is 0 Å². The molecule has 0 aromatic heterocycles. The van der Waals surface area contributed by atoms with Crippen molar-refractivity contribution in [1.82, 2.24) is 10.6 Å². The second-order valence-electron chi connectivity index (χ2n) is 7.59. The summed E-state index contributed by atoms with van der Waals surface area (Å²) in [6.45, 7) is 6.38. The van der Waals surface area contributed by atoms with Crippen LogP contribution in [0.3, 0.4) is 0 Å². The van der Waals surface area contributed by atoms with E-state index < -0.39 is 0 Å². The summed E-state index contributed by atoms with van der Waals surface area (Å²) in [4.78, 5) is 35.6. The molecule has 1 saturated heterocycles. The molecule has 1 fully saturated rings. The molecule has 6 heteroatoms. The SMILES string of the molecule is CCC(C)(C)C(=O)NCc1cccc(-c2ccc(C=C3SC(=O)NC3=O)cc2)c1. The highest BCUT2D eigenvalue weighted by atomic mass is 32.2. The lowest BCUT2D eigenvalue weighted by Gasteiger charge is -2.21. The van der Waals surface area contributed by atoms with E-state index in [0.717, 1.165) is 40.4 Å². The summed E-state index contributed by atoms with van der Waals surface area (Å²) in [6, 6.07) is 15.8. The van der Waals surface area contributed by atoms with Crippen molar-refractivity contribution in [2.75, 3.05) is 0 Å². The van der Waals surface area contributed by atoms with Crippen LogP contribution in [-0.4, -0.2) is 17.1 Å². The van der Waals surface area contributed by atoms with E-state index in [1.165, 1.54) is 0 Å². The molecule has 2 aromatic rings. The fourth-order valence-corrected chi connectivity index (χ4v) is 3.47. The maximum atomic E-state index is 12.3. The molecule has 3 rings (SSSR count). The van der Waals surface area contributed by atoms with Crippen LogP contribution >= 0.6 is 11.8 Å². The number of hydrogen-bond acceptors (Lipinski definition) is 4. The van der Waals surface area contributed by atoms with Gasteiger partial charge in [-0.3, -0.25) is 19.7 Å². The van der Waals surface area contributed by atoms with Crippen molar-refractivity contribution in [3.05, 3.63) is 64.6 Å². The van der Waals surface area contributed by atoms with Gasteiger partial charge in [0.2, 0.25) is 5.91 Å². The molecule has 5 nitrogen and oxygen atoms in total. The Morgan fingerprint density at radius 3 is 2.45 bits per heavy atom. The van der Waals surface area contributed by atoms with Crippen LogP contribution in [0.4, 0.5) is 4.79 Å². The van der Waals surface area contributed by atoms with Crippen molar-refractivity contribution >= 4 is 34.9 Å². The second-order valence-corrected chi connectivity index (χ2v) is 8.61. The van der Waals surface area contributed by atoms with Crippen molar-refractivity contribution in [2.45, 2.75) is 33.7 Å². The van der Waals surface area contributed by atoms with Gasteiger partial charge in [-0.15, -0.1) is 0 Å². The van der Waals surface area contributed by atoms with E-state index in [-0.39, 0.29) is 22.5 Å². The Hall–Kier alpha value is -2.86. The number of carbonyl (C=O) groups excluding carboxylic acids is 3. The van der Waals surface area contributed by atoms with Crippen LogP contribution in [0.2, 0.25) is 0 Å². The summed E-state index contributed by atoms with van der Waals surface area (Å²) in [5, 5.41) is 4.92. The van der Waals surface area contributed by atoms with E-state index in [9.17, 15) is 14.4 Å². The smallest absolute Gasteiger partial charge is 0.290 e. The van der Waals surface area contributed by atoms with Crippen molar-refractivity contribution in [1.29, 1.82) is 0 Å². The zero-order chi connectivity index (χ0) is 21.0. The Labute approximate surface area is 175 Å². The molecular formula is C23H24N2O3S. The lowest BCUT2D eigenvalue weighted by molar-refractivity contribution is -0.129. The van der Waals surface area contributed by atoms with Crippen LogP contribution in [0.15, 0.2) is 53.4 Å². The zero-order valence-electron chi connectivity index (χ0n) is 16.7. The highest BCUT2D eigenvalue weighted by Gasteiger charge is 2.25. The minimum atomic E-state index is -0.374. The standard InChI is InChI=1S/C23H24N2O3S/c1-4-23(2,3)21(27)24-14-16-6-5-7-18(12-16)17-10-8-15(9-11-17)13-19-20(26)25-22(28)29-19/h5-13H,4,14H2,1-3H3,(H,24,27)(H,25,26,28). The molecule has 2 aromatic carbocycles. The molecule has 0 radical (unpaired) electrons. The quantitative estimate of drug-likeness (QED) is 0.678. The molecule has 150 valence electrons. The molecule has 0 unspecified atom stereocenters. The van der Waals surface area contributed by atoms with E-state index >= 15 is 0 Å².